The molecule has 0 saturated carbocycles. The lowest BCUT2D eigenvalue weighted by atomic mass is 10.1. The number of para-hydroxylation sites is 1. The second-order valence-electron chi connectivity index (χ2n) is 5.83. The molecule has 2 aromatic carbocycles. The molecule has 0 aliphatic carbocycles. The van der Waals surface area contributed by atoms with E-state index < -0.39 is 0 Å². The van der Waals surface area contributed by atoms with Crippen LogP contribution in [0.15, 0.2) is 60.8 Å². The van der Waals surface area contributed by atoms with Crippen LogP contribution in [0.3, 0.4) is 0 Å². The summed E-state index contributed by atoms with van der Waals surface area (Å²) in [7, 11) is 0. The Bertz CT molecular complexity index is 947. The van der Waals surface area contributed by atoms with E-state index in [2.05, 4.69) is 15.6 Å². The molecule has 2 amide bonds. The zero-order chi connectivity index (χ0) is 19.8. The number of rotatable bonds is 8. The summed E-state index contributed by atoms with van der Waals surface area (Å²) in [5.41, 5.74) is 0.997. The number of benzene rings is 2. The number of ether oxygens (including phenoxy) is 1. The number of hydrogen-bond acceptors (Lipinski definition) is 5. The third-order valence-corrected chi connectivity index (χ3v) is 4.96. The lowest BCUT2D eigenvalue weighted by Gasteiger charge is -2.07. The van der Waals surface area contributed by atoms with Crippen LogP contribution >= 0.6 is 22.9 Å². The Morgan fingerprint density at radius 1 is 1.04 bits per heavy atom. The topological polar surface area (TPSA) is 80.3 Å². The lowest BCUT2D eigenvalue weighted by Crippen LogP contribution is -2.35. The summed E-state index contributed by atoms with van der Waals surface area (Å²) in [5, 5.41) is 6.35. The third kappa shape index (κ3) is 6.07. The molecule has 8 heteroatoms. The number of carbonyl (C=O) groups excluding carboxylic acids is 2. The molecule has 28 heavy (non-hydrogen) atoms. The maximum absolute atomic E-state index is 12.0. The van der Waals surface area contributed by atoms with Crippen molar-refractivity contribution in [2.45, 2.75) is 6.42 Å². The van der Waals surface area contributed by atoms with Gasteiger partial charge in [0, 0.05) is 22.5 Å². The van der Waals surface area contributed by atoms with Crippen LogP contribution in [-0.2, 0) is 16.0 Å². The van der Waals surface area contributed by atoms with Gasteiger partial charge in [0.15, 0.2) is 11.7 Å². The van der Waals surface area contributed by atoms with E-state index in [4.69, 9.17) is 16.3 Å². The number of anilines is 1. The number of nitrogens with one attached hydrogen (secondary N) is 2. The summed E-state index contributed by atoms with van der Waals surface area (Å²) in [5.74, 6) is -0.139. The first-order valence-electron chi connectivity index (χ1n) is 8.52. The first kappa shape index (κ1) is 19.9. The van der Waals surface area contributed by atoms with Crippen molar-refractivity contribution in [2.75, 3.05) is 18.5 Å². The molecule has 144 valence electrons. The number of carbonyl (C=O) groups is 2. The second kappa shape index (κ2) is 9.87. The SMILES string of the molecule is O=C(COc1ccccc1)NCC(=O)Nc1ncc(Cc2ccccc2Cl)s1. The Kier molecular flexibility index (Phi) is 7.00. The molecule has 0 atom stereocenters. The number of hydrogen-bond donors (Lipinski definition) is 2. The van der Waals surface area contributed by atoms with Crippen molar-refractivity contribution in [1.82, 2.24) is 10.3 Å². The second-order valence-corrected chi connectivity index (χ2v) is 7.35. The van der Waals surface area contributed by atoms with Crippen molar-refractivity contribution in [2.24, 2.45) is 0 Å². The van der Waals surface area contributed by atoms with Crippen LogP contribution in [-0.4, -0.2) is 29.9 Å². The van der Waals surface area contributed by atoms with Crippen LogP contribution in [0, 0.1) is 0 Å². The van der Waals surface area contributed by atoms with Gasteiger partial charge in [0.05, 0.1) is 6.54 Å². The van der Waals surface area contributed by atoms with Gasteiger partial charge in [-0.3, -0.25) is 9.59 Å². The highest BCUT2D eigenvalue weighted by Crippen LogP contribution is 2.24. The normalized spacial score (nSPS) is 10.3. The Labute approximate surface area is 171 Å². The fourth-order valence-electron chi connectivity index (χ4n) is 2.34. The molecular formula is C20H18ClN3O3S. The lowest BCUT2D eigenvalue weighted by molar-refractivity contribution is -0.125. The van der Waals surface area contributed by atoms with Crippen molar-refractivity contribution >= 4 is 39.9 Å². The molecule has 0 spiro atoms. The van der Waals surface area contributed by atoms with E-state index >= 15 is 0 Å². The highest BCUT2D eigenvalue weighted by atomic mass is 35.5. The van der Waals surface area contributed by atoms with Crippen LogP contribution in [0.25, 0.3) is 0 Å². The third-order valence-electron chi connectivity index (χ3n) is 3.68. The largest absolute Gasteiger partial charge is 0.484 e. The van der Waals surface area contributed by atoms with E-state index in [9.17, 15) is 9.59 Å². The van der Waals surface area contributed by atoms with Gasteiger partial charge in [0.2, 0.25) is 5.91 Å². The summed E-state index contributed by atoms with van der Waals surface area (Å²) in [6.07, 6.45) is 2.34. The van der Waals surface area contributed by atoms with Gasteiger partial charge >= 0.3 is 0 Å². The Hall–Kier alpha value is -2.90. The highest BCUT2D eigenvalue weighted by Gasteiger charge is 2.10. The number of halogens is 1. The highest BCUT2D eigenvalue weighted by molar-refractivity contribution is 7.15. The molecule has 1 heterocycles. The zero-order valence-electron chi connectivity index (χ0n) is 14.9. The fraction of sp³-hybridized carbons (Fsp3) is 0.150. The van der Waals surface area contributed by atoms with E-state index in [1.807, 2.05) is 42.5 Å². The Balaban J connectivity index is 1.42. The number of nitrogens with zero attached hydrogens (tertiary/aromatic N) is 1. The molecule has 1 aromatic heterocycles. The molecule has 3 rings (SSSR count). The van der Waals surface area contributed by atoms with E-state index in [1.165, 1.54) is 11.3 Å². The minimum Gasteiger partial charge on any atom is -0.484 e. The van der Waals surface area contributed by atoms with Gasteiger partial charge in [0.25, 0.3) is 5.91 Å². The molecule has 0 fully saturated rings. The molecule has 0 bridgehead atoms. The summed E-state index contributed by atoms with van der Waals surface area (Å²) in [4.78, 5) is 28.9. The fourth-order valence-corrected chi connectivity index (χ4v) is 3.39. The van der Waals surface area contributed by atoms with Crippen molar-refractivity contribution in [1.29, 1.82) is 0 Å². The molecule has 0 unspecified atom stereocenters. The Morgan fingerprint density at radius 3 is 2.57 bits per heavy atom. The van der Waals surface area contributed by atoms with Crippen LogP contribution < -0.4 is 15.4 Å². The average molecular weight is 416 g/mol. The minimum absolute atomic E-state index is 0.156. The van der Waals surface area contributed by atoms with E-state index in [0.717, 1.165) is 10.4 Å². The summed E-state index contributed by atoms with van der Waals surface area (Å²) in [6, 6.07) is 16.6. The first-order valence-corrected chi connectivity index (χ1v) is 9.72. The molecule has 0 saturated heterocycles. The van der Waals surface area contributed by atoms with Gasteiger partial charge in [-0.1, -0.05) is 48.0 Å². The van der Waals surface area contributed by atoms with Gasteiger partial charge < -0.3 is 15.4 Å². The monoisotopic (exact) mass is 415 g/mol. The smallest absolute Gasteiger partial charge is 0.258 e. The number of thiazole rings is 1. The van der Waals surface area contributed by atoms with E-state index in [1.54, 1.807) is 18.3 Å². The van der Waals surface area contributed by atoms with E-state index in [0.29, 0.717) is 22.3 Å². The average Bonchev–Trinajstić information content (AvgIpc) is 3.14. The van der Waals surface area contributed by atoms with Gasteiger partial charge in [-0.15, -0.1) is 11.3 Å². The maximum atomic E-state index is 12.0. The zero-order valence-corrected chi connectivity index (χ0v) is 16.4. The minimum atomic E-state index is -0.377. The predicted octanol–water partition coefficient (Wildman–Crippen LogP) is 3.52. The van der Waals surface area contributed by atoms with E-state index in [-0.39, 0.29) is 25.0 Å². The van der Waals surface area contributed by atoms with Crippen LogP contribution in [0.5, 0.6) is 5.75 Å². The quantitative estimate of drug-likeness (QED) is 0.589. The molecule has 3 aromatic rings. The summed E-state index contributed by atoms with van der Waals surface area (Å²) >= 11 is 7.53. The first-order chi connectivity index (χ1) is 13.6. The van der Waals surface area contributed by atoms with Crippen LogP contribution in [0.2, 0.25) is 5.02 Å². The van der Waals surface area contributed by atoms with Crippen molar-refractivity contribution in [3.63, 3.8) is 0 Å². The predicted molar refractivity (Wildman–Crippen MR) is 110 cm³/mol. The van der Waals surface area contributed by atoms with Crippen molar-refractivity contribution < 1.29 is 14.3 Å². The van der Waals surface area contributed by atoms with Crippen LogP contribution in [0.1, 0.15) is 10.4 Å². The Morgan fingerprint density at radius 2 is 1.79 bits per heavy atom. The van der Waals surface area contributed by atoms with Gasteiger partial charge in [-0.2, -0.15) is 0 Å². The van der Waals surface area contributed by atoms with Gasteiger partial charge in [0.1, 0.15) is 5.75 Å². The summed E-state index contributed by atoms with van der Waals surface area (Å²) in [6.45, 7) is -0.313. The van der Waals surface area contributed by atoms with Crippen LogP contribution in [0.4, 0.5) is 5.13 Å². The standard InChI is InChI=1S/C20H18ClN3O3S/c21-17-9-5-4-6-14(17)10-16-11-23-20(28-16)24-18(25)12-22-19(26)13-27-15-7-2-1-3-8-15/h1-9,11H,10,12-13H2,(H,22,26)(H,23,24,25). The maximum Gasteiger partial charge on any atom is 0.258 e. The number of aromatic nitrogens is 1. The van der Waals surface area contributed by atoms with Crippen molar-refractivity contribution in [3.8, 4) is 5.75 Å². The molecule has 0 radical (unpaired) electrons. The molecule has 6 nitrogen and oxygen atoms in total. The molecule has 2 N–H and O–H groups in total. The van der Waals surface area contributed by atoms with Gasteiger partial charge in [-0.05, 0) is 23.8 Å². The molecular weight excluding hydrogens is 398 g/mol. The number of amides is 2. The summed E-state index contributed by atoms with van der Waals surface area (Å²) < 4.78 is 5.32. The van der Waals surface area contributed by atoms with Gasteiger partial charge in [-0.25, -0.2) is 4.98 Å². The molecule has 0 aliphatic rings. The molecule has 0 aliphatic heterocycles. The van der Waals surface area contributed by atoms with Crippen molar-refractivity contribution in [3.05, 3.63) is 76.3 Å².